The number of hydrogen-bond donors (Lipinski definition) is 1. The molecule has 6 rings (SSSR count). The summed E-state index contributed by atoms with van der Waals surface area (Å²) in [5.74, 6) is 0. The van der Waals surface area contributed by atoms with Crippen molar-refractivity contribution in [2.24, 2.45) is 0 Å². The molecule has 0 aliphatic heterocycles. The van der Waals surface area contributed by atoms with E-state index in [0.29, 0.717) is 0 Å². The lowest BCUT2D eigenvalue weighted by Crippen LogP contribution is -1.73. The van der Waals surface area contributed by atoms with Crippen LogP contribution in [0.4, 0.5) is 0 Å². The average Bonchev–Trinajstić information content (AvgIpc) is 3.14. The van der Waals surface area contributed by atoms with Crippen LogP contribution in [0.1, 0.15) is 0 Å². The first-order valence-corrected chi connectivity index (χ1v) is 8.12. The first-order chi connectivity index (χ1) is 11.9. The molecule has 24 heavy (non-hydrogen) atoms. The van der Waals surface area contributed by atoms with E-state index in [-0.39, 0.29) is 0 Å². The third-order valence-corrected chi connectivity index (χ3v) is 4.96. The van der Waals surface area contributed by atoms with Crippen molar-refractivity contribution in [1.29, 1.82) is 0 Å². The number of furan rings is 1. The largest absolute Gasteiger partial charge is 0.456 e. The smallest absolute Gasteiger partial charge is 0.137 e. The van der Waals surface area contributed by atoms with E-state index < -0.39 is 0 Å². The Morgan fingerprint density at radius 3 is 2.17 bits per heavy atom. The van der Waals surface area contributed by atoms with Gasteiger partial charge in [-0.1, -0.05) is 42.5 Å². The molecule has 0 saturated carbocycles. The molecule has 1 N–H and O–H groups in total. The van der Waals surface area contributed by atoms with E-state index in [2.05, 4.69) is 65.6 Å². The fraction of sp³-hybridized carbons (Fsp3) is 0. The maximum absolute atomic E-state index is 6.01. The molecule has 0 fully saturated rings. The average molecular weight is 307 g/mol. The lowest BCUT2D eigenvalue weighted by molar-refractivity contribution is 0.669. The molecule has 6 aromatic rings. The SMILES string of the molecule is c1ccc2cc3c(cc2c1)[nH]c1cc2oc4ccccc4c2cc13. The van der Waals surface area contributed by atoms with E-state index in [9.17, 15) is 0 Å². The van der Waals surface area contributed by atoms with E-state index in [1.807, 2.05) is 12.1 Å². The number of benzene rings is 4. The van der Waals surface area contributed by atoms with Gasteiger partial charge in [0.15, 0.2) is 0 Å². The van der Waals surface area contributed by atoms with Gasteiger partial charge in [-0.2, -0.15) is 0 Å². The van der Waals surface area contributed by atoms with Gasteiger partial charge in [0.25, 0.3) is 0 Å². The normalized spacial score (nSPS) is 12.2. The number of aromatic amines is 1. The highest BCUT2D eigenvalue weighted by Gasteiger charge is 2.11. The molecule has 0 amide bonds. The maximum Gasteiger partial charge on any atom is 0.137 e. The molecule has 0 bridgehead atoms. The van der Waals surface area contributed by atoms with Gasteiger partial charge in [-0.05, 0) is 35.0 Å². The Morgan fingerprint density at radius 2 is 1.25 bits per heavy atom. The van der Waals surface area contributed by atoms with Crippen LogP contribution in [0.25, 0.3) is 54.5 Å². The van der Waals surface area contributed by atoms with Crippen LogP contribution in [0.5, 0.6) is 0 Å². The van der Waals surface area contributed by atoms with Gasteiger partial charge in [0.2, 0.25) is 0 Å². The zero-order chi connectivity index (χ0) is 15.7. The molecule has 2 heterocycles. The molecule has 0 radical (unpaired) electrons. The summed E-state index contributed by atoms with van der Waals surface area (Å²) >= 11 is 0. The Bertz CT molecular complexity index is 1400. The standard InChI is InChI=1S/C22H13NO/c1-2-6-14-10-19-16(9-13(14)5-1)17-11-18-15-7-3-4-8-21(15)24-22(18)12-20(17)23-19/h1-12,23H. The van der Waals surface area contributed by atoms with Crippen molar-refractivity contribution in [2.45, 2.75) is 0 Å². The fourth-order valence-electron chi connectivity index (χ4n) is 3.81. The summed E-state index contributed by atoms with van der Waals surface area (Å²) in [7, 11) is 0. The predicted molar refractivity (Wildman–Crippen MR) is 101 cm³/mol. The zero-order valence-corrected chi connectivity index (χ0v) is 12.8. The Labute approximate surface area is 137 Å². The van der Waals surface area contributed by atoms with Gasteiger partial charge in [0.1, 0.15) is 11.2 Å². The fourth-order valence-corrected chi connectivity index (χ4v) is 3.81. The van der Waals surface area contributed by atoms with Crippen molar-refractivity contribution in [1.82, 2.24) is 4.98 Å². The third kappa shape index (κ3) is 1.50. The van der Waals surface area contributed by atoms with Crippen LogP contribution in [0.3, 0.4) is 0 Å². The summed E-state index contributed by atoms with van der Waals surface area (Å²) in [4.78, 5) is 3.55. The minimum Gasteiger partial charge on any atom is -0.456 e. The van der Waals surface area contributed by atoms with Gasteiger partial charge in [-0.3, -0.25) is 0 Å². The molecule has 0 aliphatic carbocycles. The summed E-state index contributed by atoms with van der Waals surface area (Å²) in [5.41, 5.74) is 4.15. The third-order valence-electron chi connectivity index (χ3n) is 4.96. The zero-order valence-electron chi connectivity index (χ0n) is 12.8. The Kier molecular flexibility index (Phi) is 2.12. The monoisotopic (exact) mass is 307 g/mol. The van der Waals surface area contributed by atoms with Crippen LogP contribution < -0.4 is 0 Å². The van der Waals surface area contributed by atoms with Gasteiger partial charge < -0.3 is 9.40 Å². The van der Waals surface area contributed by atoms with Crippen LogP contribution in [0.15, 0.2) is 77.2 Å². The van der Waals surface area contributed by atoms with Crippen molar-refractivity contribution in [2.75, 3.05) is 0 Å². The second-order valence-electron chi connectivity index (χ2n) is 6.36. The van der Waals surface area contributed by atoms with Crippen molar-refractivity contribution in [3.63, 3.8) is 0 Å². The van der Waals surface area contributed by atoms with Gasteiger partial charge in [-0.15, -0.1) is 0 Å². The Hall–Kier alpha value is -3.26. The quantitative estimate of drug-likeness (QED) is 0.347. The van der Waals surface area contributed by atoms with Crippen LogP contribution in [0, 0.1) is 0 Å². The molecule has 0 saturated heterocycles. The minimum atomic E-state index is 0.930. The van der Waals surface area contributed by atoms with Crippen molar-refractivity contribution in [3.05, 3.63) is 72.8 Å². The minimum absolute atomic E-state index is 0.930. The highest BCUT2D eigenvalue weighted by atomic mass is 16.3. The molecular formula is C22H13NO. The molecule has 2 heteroatoms. The predicted octanol–water partition coefficient (Wildman–Crippen LogP) is 6.37. The van der Waals surface area contributed by atoms with Gasteiger partial charge in [0.05, 0.1) is 5.52 Å². The molecule has 4 aromatic carbocycles. The summed E-state index contributed by atoms with van der Waals surface area (Å²) in [6.07, 6.45) is 0. The second-order valence-corrected chi connectivity index (χ2v) is 6.36. The van der Waals surface area contributed by atoms with Gasteiger partial charge >= 0.3 is 0 Å². The number of aromatic nitrogens is 1. The molecule has 112 valence electrons. The van der Waals surface area contributed by atoms with Gasteiger partial charge in [0, 0.05) is 33.1 Å². The van der Waals surface area contributed by atoms with Crippen molar-refractivity contribution in [3.8, 4) is 0 Å². The summed E-state index contributed by atoms with van der Waals surface area (Å²) in [6.45, 7) is 0. The Morgan fingerprint density at radius 1 is 0.542 bits per heavy atom. The lowest BCUT2D eigenvalue weighted by Gasteiger charge is -1.98. The van der Waals surface area contributed by atoms with Gasteiger partial charge in [-0.25, -0.2) is 0 Å². The van der Waals surface area contributed by atoms with Crippen LogP contribution in [0.2, 0.25) is 0 Å². The summed E-state index contributed by atoms with van der Waals surface area (Å²) in [6, 6.07) is 25.6. The van der Waals surface area contributed by atoms with Crippen LogP contribution >= 0.6 is 0 Å². The summed E-state index contributed by atoms with van der Waals surface area (Å²) in [5, 5.41) is 7.37. The molecule has 2 aromatic heterocycles. The topological polar surface area (TPSA) is 28.9 Å². The molecule has 2 nitrogen and oxygen atoms in total. The number of fused-ring (bicyclic) bond motifs is 7. The number of nitrogens with one attached hydrogen (secondary N) is 1. The molecule has 0 aliphatic rings. The van der Waals surface area contributed by atoms with Crippen LogP contribution in [-0.2, 0) is 0 Å². The van der Waals surface area contributed by atoms with E-state index in [1.165, 1.54) is 37.8 Å². The van der Waals surface area contributed by atoms with E-state index >= 15 is 0 Å². The molecule has 0 unspecified atom stereocenters. The number of hydrogen-bond acceptors (Lipinski definition) is 1. The van der Waals surface area contributed by atoms with Crippen molar-refractivity contribution >= 4 is 54.5 Å². The lowest BCUT2D eigenvalue weighted by atomic mass is 10.0. The first-order valence-electron chi connectivity index (χ1n) is 8.12. The highest BCUT2D eigenvalue weighted by Crippen LogP contribution is 2.36. The summed E-state index contributed by atoms with van der Waals surface area (Å²) < 4.78 is 6.01. The van der Waals surface area contributed by atoms with E-state index in [4.69, 9.17) is 4.42 Å². The van der Waals surface area contributed by atoms with E-state index in [1.54, 1.807) is 0 Å². The first kappa shape index (κ1) is 12.2. The Balaban J connectivity index is 1.82. The highest BCUT2D eigenvalue weighted by molar-refractivity contribution is 6.18. The van der Waals surface area contributed by atoms with Crippen LogP contribution in [-0.4, -0.2) is 4.98 Å². The number of rotatable bonds is 0. The maximum atomic E-state index is 6.01. The number of H-pyrrole nitrogens is 1. The van der Waals surface area contributed by atoms with E-state index in [0.717, 1.165) is 16.7 Å². The molecule has 0 atom stereocenters. The molecular weight excluding hydrogens is 294 g/mol. The number of para-hydroxylation sites is 1. The second kappa shape index (κ2) is 4.18. The molecule has 0 spiro atoms. The van der Waals surface area contributed by atoms with Crippen molar-refractivity contribution < 1.29 is 4.42 Å².